The third-order valence-corrected chi connectivity index (χ3v) is 7.12. The summed E-state index contributed by atoms with van der Waals surface area (Å²) in [5.41, 5.74) is 2.74. The van der Waals surface area contributed by atoms with Gasteiger partial charge in [-0.3, -0.25) is 4.79 Å². The van der Waals surface area contributed by atoms with Gasteiger partial charge in [-0.15, -0.1) is 0 Å². The molecule has 4 rings (SSSR count). The molecule has 0 aliphatic heterocycles. The van der Waals surface area contributed by atoms with Gasteiger partial charge in [0.25, 0.3) is 11.7 Å². The minimum Gasteiger partial charge on any atom is -0.362 e. The quantitative estimate of drug-likeness (QED) is 0.556. The fraction of sp³-hybridized carbons (Fsp3) is 0.542. The number of anilines is 2. The molecule has 0 bridgehead atoms. The van der Waals surface area contributed by atoms with E-state index in [4.69, 9.17) is 9.97 Å². The van der Waals surface area contributed by atoms with E-state index in [-0.39, 0.29) is 18.0 Å². The number of nitrogens with zero attached hydrogens (tertiary/aromatic N) is 3. The average molecular weight is 476 g/mol. The van der Waals surface area contributed by atoms with Crippen molar-refractivity contribution in [3.05, 3.63) is 41.1 Å². The van der Waals surface area contributed by atoms with E-state index >= 15 is 0 Å². The van der Waals surface area contributed by atoms with Crippen molar-refractivity contribution in [2.24, 2.45) is 0 Å². The molecule has 0 radical (unpaired) electrons. The molecule has 1 fully saturated rings. The van der Waals surface area contributed by atoms with Gasteiger partial charge >= 0.3 is 0 Å². The molecule has 1 amide bonds. The number of thioether (sulfide) groups is 1. The largest absolute Gasteiger partial charge is 0.362 e. The Morgan fingerprint density at radius 1 is 1.06 bits per heavy atom. The van der Waals surface area contributed by atoms with E-state index in [0.717, 1.165) is 50.0 Å². The first kappa shape index (κ1) is 23.7. The first-order valence-corrected chi connectivity index (χ1v) is 12.5. The van der Waals surface area contributed by atoms with Crippen molar-refractivity contribution in [2.45, 2.75) is 74.1 Å². The van der Waals surface area contributed by atoms with Gasteiger partial charge in [-0.2, -0.15) is 13.8 Å². The molecule has 1 saturated carbocycles. The Bertz CT molecular complexity index is 979. The van der Waals surface area contributed by atoms with Crippen molar-refractivity contribution < 1.29 is 13.6 Å². The highest BCUT2D eigenvalue weighted by atomic mass is 32.2. The molecule has 2 aliphatic carbocycles. The summed E-state index contributed by atoms with van der Waals surface area (Å²) in [6.45, 7) is 0. The van der Waals surface area contributed by atoms with Crippen molar-refractivity contribution in [2.75, 3.05) is 24.3 Å². The lowest BCUT2D eigenvalue weighted by atomic mass is 9.91. The molecule has 1 aromatic carbocycles. The molecule has 1 aromatic heterocycles. The van der Waals surface area contributed by atoms with Gasteiger partial charge in [-0.25, -0.2) is 4.98 Å². The lowest BCUT2D eigenvalue weighted by molar-refractivity contribution is 0.0923. The van der Waals surface area contributed by atoms with Crippen LogP contribution in [-0.2, 0) is 12.8 Å². The number of aromatic nitrogens is 2. The number of rotatable bonds is 7. The SMILES string of the molecule is CN(C)c1nc(NC2CCC(NC(=O)c3ccccc3SC(F)F)CC2)nc2c1CCCC2. The summed E-state index contributed by atoms with van der Waals surface area (Å²) in [4.78, 5) is 24.7. The van der Waals surface area contributed by atoms with E-state index in [1.54, 1.807) is 24.3 Å². The van der Waals surface area contributed by atoms with Crippen LogP contribution in [-0.4, -0.2) is 47.8 Å². The average Bonchev–Trinajstić information content (AvgIpc) is 2.79. The van der Waals surface area contributed by atoms with Crippen molar-refractivity contribution in [1.82, 2.24) is 15.3 Å². The number of aryl methyl sites for hydroxylation is 1. The summed E-state index contributed by atoms with van der Waals surface area (Å²) >= 11 is 0.408. The number of hydrogen-bond donors (Lipinski definition) is 2. The van der Waals surface area contributed by atoms with E-state index in [1.807, 2.05) is 14.1 Å². The van der Waals surface area contributed by atoms with E-state index in [0.29, 0.717) is 28.2 Å². The summed E-state index contributed by atoms with van der Waals surface area (Å²) in [6, 6.07) is 6.81. The molecule has 2 aliphatic rings. The van der Waals surface area contributed by atoms with Gasteiger partial charge in [-0.05, 0) is 63.5 Å². The molecule has 2 N–H and O–H groups in total. The van der Waals surface area contributed by atoms with Crippen LogP contribution in [0.25, 0.3) is 0 Å². The second-order valence-electron chi connectivity index (χ2n) is 8.94. The van der Waals surface area contributed by atoms with E-state index in [9.17, 15) is 13.6 Å². The first-order chi connectivity index (χ1) is 15.9. The zero-order valence-electron chi connectivity index (χ0n) is 19.1. The van der Waals surface area contributed by atoms with E-state index in [2.05, 4.69) is 15.5 Å². The van der Waals surface area contributed by atoms with Crippen molar-refractivity contribution in [3.8, 4) is 0 Å². The highest BCUT2D eigenvalue weighted by Crippen LogP contribution is 2.30. The van der Waals surface area contributed by atoms with Gasteiger partial charge < -0.3 is 15.5 Å². The monoisotopic (exact) mass is 475 g/mol. The molecule has 6 nitrogen and oxygen atoms in total. The number of hydrogen-bond acceptors (Lipinski definition) is 6. The minimum atomic E-state index is -2.56. The van der Waals surface area contributed by atoms with Crippen LogP contribution >= 0.6 is 11.8 Å². The molecule has 2 aromatic rings. The Morgan fingerprint density at radius 3 is 2.48 bits per heavy atom. The normalized spacial score (nSPS) is 20.3. The maximum Gasteiger partial charge on any atom is 0.288 e. The molecule has 0 atom stereocenters. The zero-order valence-corrected chi connectivity index (χ0v) is 19.9. The summed E-state index contributed by atoms with van der Waals surface area (Å²) < 4.78 is 25.6. The van der Waals surface area contributed by atoms with E-state index in [1.165, 1.54) is 18.4 Å². The number of alkyl halides is 2. The smallest absolute Gasteiger partial charge is 0.288 e. The van der Waals surface area contributed by atoms with Crippen LogP contribution in [0.4, 0.5) is 20.5 Å². The fourth-order valence-corrected chi connectivity index (χ4v) is 5.33. The molecular formula is C24H31F2N5OS. The van der Waals surface area contributed by atoms with Gasteiger partial charge in [0.15, 0.2) is 0 Å². The second kappa shape index (κ2) is 10.7. The Balaban J connectivity index is 1.35. The highest BCUT2D eigenvalue weighted by Gasteiger charge is 2.26. The van der Waals surface area contributed by atoms with Gasteiger partial charge in [0, 0.05) is 36.6 Å². The number of benzene rings is 1. The summed E-state index contributed by atoms with van der Waals surface area (Å²) in [6.07, 6.45) is 7.79. The molecule has 0 unspecified atom stereocenters. The number of amides is 1. The molecule has 0 spiro atoms. The molecular weight excluding hydrogens is 444 g/mol. The maximum absolute atomic E-state index is 12.8. The number of carbonyl (C=O) groups is 1. The van der Waals surface area contributed by atoms with Crippen molar-refractivity contribution >= 4 is 29.4 Å². The van der Waals surface area contributed by atoms with Gasteiger partial charge in [0.2, 0.25) is 5.95 Å². The third kappa shape index (κ3) is 5.93. The van der Waals surface area contributed by atoms with Crippen molar-refractivity contribution in [1.29, 1.82) is 0 Å². The molecule has 9 heteroatoms. The number of fused-ring (bicyclic) bond motifs is 1. The Hall–Kier alpha value is -2.42. The lowest BCUT2D eigenvalue weighted by Gasteiger charge is -2.30. The standard InChI is InChI=1S/C24H31F2N5OS/c1-31(2)21-17-7-3-5-9-19(17)29-24(30-21)28-16-13-11-15(12-14-16)27-22(32)18-8-4-6-10-20(18)33-23(25)26/h4,6,8,10,15-16,23H,3,5,7,9,11-14H2,1-2H3,(H,27,32)(H,28,29,30). The Labute approximate surface area is 198 Å². The molecule has 1 heterocycles. The highest BCUT2D eigenvalue weighted by molar-refractivity contribution is 7.99. The molecule has 33 heavy (non-hydrogen) atoms. The third-order valence-electron chi connectivity index (χ3n) is 6.33. The van der Waals surface area contributed by atoms with Crippen LogP contribution in [0.5, 0.6) is 0 Å². The first-order valence-electron chi connectivity index (χ1n) is 11.6. The van der Waals surface area contributed by atoms with Gasteiger partial charge in [0.05, 0.1) is 11.3 Å². The van der Waals surface area contributed by atoms with Crippen LogP contribution in [0.1, 0.15) is 60.1 Å². The topological polar surface area (TPSA) is 70.2 Å². The Kier molecular flexibility index (Phi) is 7.67. The van der Waals surface area contributed by atoms with Crippen LogP contribution in [0.3, 0.4) is 0 Å². The number of carbonyl (C=O) groups excluding carboxylic acids is 1. The second-order valence-corrected chi connectivity index (χ2v) is 9.97. The molecule has 178 valence electrons. The predicted octanol–water partition coefficient (Wildman–Crippen LogP) is 4.89. The zero-order chi connectivity index (χ0) is 23.4. The summed E-state index contributed by atoms with van der Waals surface area (Å²) in [5.74, 6) is -1.16. The van der Waals surface area contributed by atoms with Crippen molar-refractivity contribution in [3.63, 3.8) is 0 Å². The van der Waals surface area contributed by atoms with Crippen LogP contribution < -0.4 is 15.5 Å². The molecule has 0 saturated heterocycles. The van der Waals surface area contributed by atoms with Gasteiger partial charge in [0.1, 0.15) is 5.82 Å². The summed E-state index contributed by atoms with van der Waals surface area (Å²) in [5, 5.41) is 6.55. The fourth-order valence-electron chi connectivity index (χ4n) is 4.69. The minimum absolute atomic E-state index is 0.0296. The van der Waals surface area contributed by atoms with Crippen LogP contribution in [0.2, 0.25) is 0 Å². The number of halogens is 2. The van der Waals surface area contributed by atoms with E-state index < -0.39 is 5.76 Å². The van der Waals surface area contributed by atoms with Crippen LogP contribution in [0.15, 0.2) is 29.2 Å². The van der Waals surface area contributed by atoms with Gasteiger partial charge in [-0.1, -0.05) is 23.9 Å². The Morgan fingerprint density at radius 2 is 1.76 bits per heavy atom. The predicted molar refractivity (Wildman–Crippen MR) is 128 cm³/mol. The van der Waals surface area contributed by atoms with Crippen LogP contribution in [0, 0.1) is 0 Å². The maximum atomic E-state index is 12.8. The number of nitrogens with one attached hydrogen (secondary N) is 2. The summed E-state index contributed by atoms with van der Waals surface area (Å²) in [7, 11) is 4.04. The lowest BCUT2D eigenvalue weighted by Crippen LogP contribution is -2.40.